The highest BCUT2D eigenvalue weighted by Crippen LogP contribution is 2.24. The normalized spacial score (nSPS) is 13.2. The fraction of sp³-hybridized carbons (Fsp3) is 0.583. The second kappa shape index (κ2) is 5.12. The first-order valence-corrected chi connectivity index (χ1v) is 5.68. The number of carbonyl (C=O) groups excluding carboxylic acids is 1. The minimum absolute atomic E-state index is 0.167. The van der Waals surface area contributed by atoms with Crippen LogP contribution in [0.3, 0.4) is 0 Å². The molecule has 1 aromatic heterocycles. The second-order valence-electron chi connectivity index (χ2n) is 5.32. The molecule has 0 bridgehead atoms. The van der Waals surface area contributed by atoms with E-state index in [-0.39, 0.29) is 11.3 Å². The molecule has 0 aliphatic carbocycles. The van der Waals surface area contributed by atoms with E-state index in [1.54, 1.807) is 12.1 Å². The Morgan fingerprint density at radius 3 is 2.53 bits per heavy atom. The summed E-state index contributed by atoms with van der Waals surface area (Å²) in [6.45, 7) is 9.16. The minimum Gasteiger partial charge on any atom is -0.382 e. The van der Waals surface area contributed by atoms with Gasteiger partial charge in [0.05, 0.1) is 0 Å². The van der Waals surface area contributed by atoms with Crippen molar-refractivity contribution < 1.29 is 4.79 Å². The number of amides is 1. The Hall–Kier alpha value is -1.65. The number of nitrogens with two attached hydrogens (primary N) is 1. The van der Waals surface area contributed by atoms with Crippen molar-refractivity contribution in [3.05, 3.63) is 17.8 Å². The molecule has 1 rings (SSSR count). The molecule has 1 aromatic rings. The number of rotatable bonds is 3. The Kier molecular flexibility index (Phi) is 4.04. The van der Waals surface area contributed by atoms with Gasteiger partial charge in [-0.15, -0.1) is 10.2 Å². The van der Waals surface area contributed by atoms with Crippen molar-refractivity contribution in [3.63, 3.8) is 0 Å². The molecule has 0 aliphatic rings. The summed E-state index contributed by atoms with van der Waals surface area (Å²) in [7, 11) is 0. The molecule has 0 fully saturated rings. The smallest absolute Gasteiger partial charge is 0.271 e. The van der Waals surface area contributed by atoms with Gasteiger partial charge in [0.15, 0.2) is 5.69 Å². The summed E-state index contributed by atoms with van der Waals surface area (Å²) in [6, 6.07) is 3.13. The van der Waals surface area contributed by atoms with Crippen LogP contribution in [-0.2, 0) is 0 Å². The molecule has 1 atom stereocenters. The van der Waals surface area contributed by atoms with Crippen molar-refractivity contribution >= 4 is 11.7 Å². The zero-order valence-electron chi connectivity index (χ0n) is 10.8. The van der Waals surface area contributed by atoms with E-state index in [1.165, 1.54) is 0 Å². The largest absolute Gasteiger partial charge is 0.382 e. The van der Waals surface area contributed by atoms with Crippen LogP contribution < -0.4 is 11.1 Å². The van der Waals surface area contributed by atoms with Crippen molar-refractivity contribution in [2.45, 2.75) is 27.7 Å². The molecule has 0 saturated carbocycles. The fourth-order valence-corrected chi connectivity index (χ4v) is 1.11. The highest BCUT2D eigenvalue weighted by molar-refractivity contribution is 5.92. The lowest BCUT2D eigenvalue weighted by atomic mass is 9.82. The first kappa shape index (κ1) is 13.4. The third-order valence-electron chi connectivity index (χ3n) is 2.97. The van der Waals surface area contributed by atoms with Crippen LogP contribution in [0, 0.1) is 11.3 Å². The summed E-state index contributed by atoms with van der Waals surface area (Å²) in [6.07, 6.45) is 0. The van der Waals surface area contributed by atoms with E-state index in [0.29, 0.717) is 24.0 Å². The van der Waals surface area contributed by atoms with Gasteiger partial charge in [-0.05, 0) is 23.5 Å². The number of nitrogens with one attached hydrogen (secondary N) is 1. The molecule has 3 N–H and O–H groups in total. The van der Waals surface area contributed by atoms with Crippen molar-refractivity contribution in [1.82, 2.24) is 15.5 Å². The molecule has 94 valence electrons. The van der Waals surface area contributed by atoms with E-state index < -0.39 is 0 Å². The van der Waals surface area contributed by atoms with Gasteiger partial charge in [0.1, 0.15) is 5.82 Å². The standard InChI is InChI=1S/C12H20N4O/c1-8(12(2,3)4)7-14-11(17)9-5-6-10(13)16-15-9/h5-6,8H,7H2,1-4H3,(H2,13,16)(H,14,17). The van der Waals surface area contributed by atoms with Gasteiger partial charge in [-0.2, -0.15) is 0 Å². The zero-order chi connectivity index (χ0) is 13.1. The maximum absolute atomic E-state index is 11.7. The van der Waals surface area contributed by atoms with E-state index in [1.807, 2.05) is 0 Å². The first-order valence-electron chi connectivity index (χ1n) is 5.68. The third kappa shape index (κ3) is 4.01. The Morgan fingerprint density at radius 1 is 1.41 bits per heavy atom. The van der Waals surface area contributed by atoms with Crippen molar-refractivity contribution in [3.8, 4) is 0 Å². The summed E-state index contributed by atoms with van der Waals surface area (Å²) in [5.41, 5.74) is 5.86. The third-order valence-corrected chi connectivity index (χ3v) is 2.97. The van der Waals surface area contributed by atoms with Crippen LogP contribution in [0.25, 0.3) is 0 Å². The molecule has 1 heterocycles. The highest BCUT2D eigenvalue weighted by atomic mass is 16.1. The van der Waals surface area contributed by atoms with Crippen molar-refractivity contribution in [2.24, 2.45) is 11.3 Å². The number of hydrogen-bond acceptors (Lipinski definition) is 4. The van der Waals surface area contributed by atoms with Gasteiger partial charge < -0.3 is 11.1 Å². The summed E-state index contributed by atoms with van der Waals surface area (Å²) in [4.78, 5) is 11.7. The topological polar surface area (TPSA) is 80.9 Å². The predicted molar refractivity (Wildman–Crippen MR) is 67.4 cm³/mol. The molecule has 0 saturated heterocycles. The quantitative estimate of drug-likeness (QED) is 0.832. The van der Waals surface area contributed by atoms with E-state index in [9.17, 15) is 4.79 Å². The average Bonchev–Trinajstić information content (AvgIpc) is 2.25. The highest BCUT2D eigenvalue weighted by Gasteiger charge is 2.20. The molecule has 1 unspecified atom stereocenters. The Balaban J connectivity index is 2.53. The summed E-state index contributed by atoms with van der Waals surface area (Å²) >= 11 is 0. The molecule has 1 amide bonds. The summed E-state index contributed by atoms with van der Waals surface area (Å²) < 4.78 is 0. The molecule has 0 spiro atoms. The van der Waals surface area contributed by atoms with Gasteiger partial charge in [-0.3, -0.25) is 4.79 Å². The van der Waals surface area contributed by atoms with Gasteiger partial charge in [0.2, 0.25) is 0 Å². The second-order valence-corrected chi connectivity index (χ2v) is 5.32. The predicted octanol–water partition coefficient (Wildman–Crippen LogP) is 1.47. The van der Waals surface area contributed by atoms with E-state index >= 15 is 0 Å². The lowest BCUT2D eigenvalue weighted by Gasteiger charge is -2.27. The number of nitrogen functional groups attached to an aromatic ring is 1. The fourth-order valence-electron chi connectivity index (χ4n) is 1.11. The maximum atomic E-state index is 11.7. The number of aromatic nitrogens is 2. The van der Waals surface area contributed by atoms with Gasteiger partial charge in [-0.25, -0.2) is 0 Å². The van der Waals surface area contributed by atoms with Gasteiger partial charge >= 0.3 is 0 Å². The molecule has 5 nitrogen and oxygen atoms in total. The van der Waals surface area contributed by atoms with Crippen LogP contribution in [0.1, 0.15) is 38.2 Å². The molecule has 5 heteroatoms. The molecule has 0 radical (unpaired) electrons. The molecule has 0 aliphatic heterocycles. The van der Waals surface area contributed by atoms with Crippen LogP contribution in [0.2, 0.25) is 0 Å². The van der Waals surface area contributed by atoms with Crippen LogP contribution in [0.4, 0.5) is 5.82 Å². The molecular weight excluding hydrogens is 216 g/mol. The Labute approximate surface area is 102 Å². The first-order chi connectivity index (χ1) is 7.80. The Morgan fingerprint density at radius 2 is 2.06 bits per heavy atom. The summed E-state index contributed by atoms with van der Waals surface area (Å²) in [5, 5.41) is 10.2. The van der Waals surface area contributed by atoms with Crippen LogP contribution >= 0.6 is 0 Å². The Bertz CT molecular complexity index is 380. The molecule has 0 aromatic carbocycles. The van der Waals surface area contributed by atoms with Crippen LogP contribution in [0.15, 0.2) is 12.1 Å². The zero-order valence-corrected chi connectivity index (χ0v) is 10.8. The van der Waals surface area contributed by atoms with E-state index in [0.717, 1.165) is 0 Å². The monoisotopic (exact) mass is 236 g/mol. The van der Waals surface area contributed by atoms with Crippen molar-refractivity contribution in [1.29, 1.82) is 0 Å². The maximum Gasteiger partial charge on any atom is 0.271 e. The van der Waals surface area contributed by atoms with E-state index in [4.69, 9.17) is 5.73 Å². The summed E-state index contributed by atoms with van der Waals surface area (Å²) in [5.74, 6) is 0.478. The molecular formula is C12H20N4O. The number of anilines is 1. The SMILES string of the molecule is CC(CNC(=O)c1ccc(N)nn1)C(C)(C)C. The molecule has 17 heavy (non-hydrogen) atoms. The number of carbonyl (C=O) groups is 1. The van der Waals surface area contributed by atoms with E-state index in [2.05, 4.69) is 43.2 Å². The van der Waals surface area contributed by atoms with Crippen molar-refractivity contribution in [2.75, 3.05) is 12.3 Å². The minimum atomic E-state index is -0.214. The number of nitrogens with zero attached hydrogens (tertiary/aromatic N) is 2. The van der Waals surface area contributed by atoms with Crippen LogP contribution in [-0.4, -0.2) is 22.6 Å². The lowest BCUT2D eigenvalue weighted by Crippen LogP contribution is -2.34. The average molecular weight is 236 g/mol. The van der Waals surface area contributed by atoms with Gasteiger partial charge in [-0.1, -0.05) is 27.7 Å². The van der Waals surface area contributed by atoms with Crippen LogP contribution in [0.5, 0.6) is 0 Å². The lowest BCUT2D eigenvalue weighted by molar-refractivity contribution is 0.0931. The van der Waals surface area contributed by atoms with Gasteiger partial charge in [0.25, 0.3) is 5.91 Å². The number of hydrogen-bond donors (Lipinski definition) is 2. The van der Waals surface area contributed by atoms with Gasteiger partial charge in [0, 0.05) is 6.54 Å².